The Morgan fingerprint density at radius 3 is 1.64 bits per heavy atom. The highest BCUT2D eigenvalue weighted by Crippen LogP contribution is 2.43. The normalized spacial score (nSPS) is 16.9. The van der Waals surface area contributed by atoms with Crippen LogP contribution in [0.5, 0.6) is 0 Å². The van der Waals surface area contributed by atoms with E-state index in [0.29, 0.717) is 6.61 Å². The van der Waals surface area contributed by atoms with Gasteiger partial charge in [0.25, 0.3) is 0 Å². The van der Waals surface area contributed by atoms with Crippen LogP contribution < -0.4 is 5.46 Å². The van der Waals surface area contributed by atoms with Crippen molar-refractivity contribution in [3.8, 4) is 0 Å². The van der Waals surface area contributed by atoms with Crippen molar-refractivity contribution in [1.82, 2.24) is 0 Å². The molecule has 0 aromatic heterocycles. The molecule has 0 aliphatic carbocycles. The van der Waals surface area contributed by atoms with E-state index in [1.165, 1.54) is 95.5 Å². The molecule has 0 bridgehead atoms. The number of unbranched alkanes of at least 4 members (excludes halogenated alkanes) is 15. The number of hydrogen-bond donors (Lipinski definition) is 1. The summed E-state index contributed by atoms with van der Waals surface area (Å²) in [4.78, 5) is 9.34. The molecule has 1 saturated heterocycles. The third-order valence-electron chi connectivity index (χ3n) is 7.41. The summed E-state index contributed by atoms with van der Waals surface area (Å²) in [6.45, 7) is 8.01. The minimum absolute atomic E-state index is 0.111. The zero-order valence-corrected chi connectivity index (χ0v) is 26.1. The first-order valence-corrected chi connectivity index (χ1v) is 17.2. The molecule has 39 heavy (non-hydrogen) atoms. The van der Waals surface area contributed by atoms with Crippen LogP contribution >= 0.6 is 7.82 Å². The third kappa shape index (κ3) is 17.0. The van der Waals surface area contributed by atoms with Crippen molar-refractivity contribution in [2.24, 2.45) is 5.41 Å². The molecule has 0 spiro atoms. The molecule has 2 rings (SSSR count). The van der Waals surface area contributed by atoms with Crippen LogP contribution in [0.4, 0.5) is 0 Å². The van der Waals surface area contributed by atoms with Crippen LogP contribution in [0, 0.1) is 5.41 Å². The van der Waals surface area contributed by atoms with E-state index in [1.54, 1.807) is 6.92 Å². The van der Waals surface area contributed by atoms with Crippen LogP contribution in [0.15, 0.2) is 24.3 Å². The molecule has 6 nitrogen and oxygen atoms in total. The van der Waals surface area contributed by atoms with Gasteiger partial charge in [-0.15, -0.1) is 0 Å². The summed E-state index contributed by atoms with van der Waals surface area (Å²) in [6, 6.07) is 8.81. The Labute approximate surface area is 239 Å². The lowest BCUT2D eigenvalue weighted by Crippen LogP contribution is -2.47. The van der Waals surface area contributed by atoms with Crippen LogP contribution in [0.2, 0.25) is 0 Å². The van der Waals surface area contributed by atoms with E-state index in [9.17, 15) is 9.46 Å². The molecule has 224 valence electrons. The summed E-state index contributed by atoms with van der Waals surface area (Å²) >= 11 is 0. The number of phosphoric ester groups is 1. The summed E-state index contributed by atoms with van der Waals surface area (Å²) in [5.41, 5.74) is 2.66. The first kappa shape index (κ1) is 34.5. The van der Waals surface area contributed by atoms with Gasteiger partial charge in [0.1, 0.15) is 0 Å². The molecule has 1 aromatic rings. The molecular weight excluding hydrogens is 510 g/mol. The van der Waals surface area contributed by atoms with Gasteiger partial charge in [0.05, 0.1) is 13.2 Å². The van der Waals surface area contributed by atoms with Gasteiger partial charge in [0, 0.05) is 18.6 Å². The number of rotatable bonds is 23. The maximum Gasteiger partial charge on any atom is 0.493 e. The van der Waals surface area contributed by atoms with Crippen molar-refractivity contribution in [3.63, 3.8) is 0 Å². The van der Waals surface area contributed by atoms with Gasteiger partial charge in [0.15, 0.2) is 0 Å². The first-order valence-electron chi connectivity index (χ1n) is 15.8. The quantitative estimate of drug-likeness (QED) is 0.0815. The third-order valence-corrected chi connectivity index (χ3v) is 8.50. The van der Waals surface area contributed by atoms with Gasteiger partial charge in [-0.05, 0) is 37.2 Å². The first-order chi connectivity index (χ1) is 18.8. The number of benzene rings is 1. The molecule has 1 aromatic carbocycles. The molecule has 1 aliphatic heterocycles. The Morgan fingerprint density at radius 1 is 0.744 bits per heavy atom. The van der Waals surface area contributed by atoms with E-state index < -0.39 is 7.82 Å². The Bertz CT molecular complexity index is 778. The molecule has 1 fully saturated rings. The van der Waals surface area contributed by atoms with Gasteiger partial charge in [-0.1, -0.05) is 128 Å². The number of phosphoric acid groups is 1. The average Bonchev–Trinajstić information content (AvgIpc) is 2.90. The van der Waals surface area contributed by atoms with Crippen molar-refractivity contribution >= 4 is 20.4 Å². The van der Waals surface area contributed by atoms with Crippen molar-refractivity contribution in [2.75, 3.05) is 26.4 Å². The van der Waals surface area contributed by atoms with Gasteiger partial charge in [-0.3, -0.25) is 9.05 Å². The largest absolute Gasteiger partial charge is 0.493 e. The predicted molar refractivity (Wildman–Crippen MR) is 162 cm³/mol. The molecule has 0 saturated carbocycles. The summed E-state index contributed by atoms with van der Waals surface area (Å²) in [6.07, 6.45) is 21.6. The highest BCUT2D eigenvalue weighted by molar-refractivity contribution is 7.47. The zero-order valence-electron chi connectivity index (χ0n) is 25.2. The predicted octanol–water partition coefficient (Wildman–Crippen LogP) is 8.39. The summed E-state index contributed by atoms with van der Waals surface area (Å²) in [5.74, 6) is 0. The SMILES string of the molecule is CCOP(=O)(O)OCCCCCCCCCCCCCCCCCCc1ccc(B2OCC(C)(C)CO2)cc1. The van der Waals surface area contributed by atoms with Gasteiger partial charge in [-0.2, -0.15) is 0 Å². The molecule has 1 atom stereocenters. The summed E-state index contributed by atoms with van der Waals surface area (Å²) in [7, 11) is -4.02. The molecule has 8 heteroatoms. The standard InChI is InChI=1S/C31H56BO6P/c1-4-37-39(33,34)38-26-20-18-16-14-12-10-8-6-5-7-9-11-13-15-17-19-21-29-22-24-30(25-23-29)32-35-27-31(2,3)28-36-32/h22-25H,4-21,26-28H2,1-3H3,(H,33,34). The molecule has 1 N–H and O–H groups in total. The van der Waals surface area contributed by atoms with E-state index in [2.05, 4.69) is 42.6 Å². The van der Waals surface area contributed by atoms with Gasteiger partial charge in [-0.25, -0.2) is 4.57 Å². The van der Waals surface area contributed by atoms with Crippen LogP contribution in [-0.4, -0.2) is 38.4 Å². The lowest BCUT2D eigenvalue weighted by molar-refractivity contribution is 0.0343. The van der Waals surface area contributed by atoms with E-state index in [1.807, 2.05) is 0 Å². The maximum atomic E-state index is 11.4. The van der Waals surface area contributed by atoms with Gasteiger partial charge < -0.3 is 14.2 Å². The highest BCUT2D eigenvalue weighted by Gasteiger charge is 2.33. The Morgan fingerprint density at radius 2 is 1.18 bits per heavy atom. The minimum Gasteiger partial charge on any atom is -0.407 e. The molecular formula is C31H56BO6P. The zero-order chi connectivity index (χ0) is 28.2. The fraction of sp³-hybridized carbons (Fsp3) is 0.806. The fourth-order valence-electron chi connectivity index (χ4n) is 5.01. The van der Waals surface area contributed by atoms with E-state index in [-0.39, 0.29) is 19.1 Å². The number of aryl methyl sites for hydroxylation is 1. The Balaban J connectivity index is 1.30. The lowest BCUT2D eigenvalue weighted by Gasteiger charge is -2.33. The van der Waals surface area contributed by atoms with Crippen LogP contribution in [0.3, 0.4) is 0 Å². The molecule has 1 aliphatic rings. The maximum absolute atomic E-state index is 11.4. The highest BCUT2D eigenvalue weighted by atomic mass is 31.2. The smallest absolute Gasteiger partial charge is 0.407 e. The van der Waals surface area contributed by atoms with Gasteiger partial charge in [0.2, 0.25) is 0 Å². The van der Waals surface area contributed by atoms with Crippen LogP contribution in [0.25, 0.3) is 0 Å². The molecule has 0 radical (unpaired) electrons. The van der Waals surface area contributed by atoms with E-state index >= 15 is 0 Å². The second-order valence-electron chi connectivity index (χ2n) is 12.0. The molecule has 1 unspecified atom stereocenters. The Hall–Kier alpha value is -0.685. The Kier molecular flexibility index (Phi) is 17.9. The monoisotopic (exact) mass is 566 g/mol. The van der Waals surface area contributed by atoms with E-state index in [0.717, 1.165) is 37.9 Å². The topological polar surface area (TPSA) is 74.2 Å². The van der Waals surface area contributed by atoms with Gasteiger partial charge >= 0.3 is 14.9 Å². The fourth-order valence-corrected chi connectivity index (χ4v) is 5.77. The summed E-state index contributed by atoms with van der Waals surface area (Å²) < 4.78 is 32.8. The molecule has 0 amide bonds. The minimum atomic E-state index is -3.81. The summed E-state index contributed by atoms with van der Waals surface area (Å²) in [5, 5.41) is 0. The molecule has 1 heterocycles. The van der Waals surface area contributed by atoms with Crippen LogP contribution in [-0.2, 0) is 29.3 Å². The second kappa shape index (κ2) is 20.2. The van der Waals surface area contributed by atoms with Crippen molar-refractivity contribution < 1.29 is 27.8 Å². The average molecular weight is 567 g/mol. The van der Waals surface area contributed by atoms with Crippen molar-refractivity contribution in [1.29, 1.82) is 0 Å². The second-order valence-corrected chi connectivity index (χ2v) is 13.4. The lowest BCUT2D eigenvalue weighted by atomic mass is 9.75. The van der Waals surface area contributed by atoms with Crippen molar-refractivity contribution in [3.05, 3.63) is 29.8 Å². The van der Waals surface area contributed by atoms with E-state index in [4.69, 9.17) is 13.8 Å². The number of hydrogen-bond acceptors (Lipinski definition) is 5. The van der Waals surface area contributed by atoms with Crippen LogP contribution in [0.1, 0.15) is 129 Å². The van der Waals surface area contributed by atoms with Crippen molar-refractivity contribution in [2.45, 2.75) is 130 Å².